The maximum Gasteiger partial charge on any atom is 0.330 e. The number of rotatable bonds is 7. The van der Waals surface area contributed by atoms with Crippen molar-refractivity contribution in [3.63, 3.8) is 0 Å². The molecule has 1 N–H and O–H groups in total. The summed E-state index contributed by atoms with van der Waals surface area (Å²) in [4.78, 5) is 51.9. The zero-order chi connectivity index (χ0) is 23.4. The Morgan fingerprint density at radius 2 is 1.52 bits per heavy atom. The summed E-state index contributed by atoms with van der Waals surface area (Å²) in [6.45, 7) is -0.663. The normalized spacial score (nSPS) is 13.4. The van der Waals surface area contributed by atoms with E-state index in [1.807, 2.05) is 0 Å². The van der Waals surface area contributed by atoms with Gasteiger partial charge in [0.2, 0.25) is 0 Å². The van der Waals surface area contributed by atoms with Crippen LogP contribution in [0.2, 0.25) is 0 Å². The van der Waals surface area contributed by atoms with Gasteiger partial charge in [0.05, 0.1) is 11.1 Å². The number of benzene rings is 3. The van der Waals surface area contributed by atoms with Crippen LogP contribution in [0.3, 0.4) is 0 Å². The molecule has 3 aromatic carbocycles. The summed E-state index contributed by atoms with van der Waals surface area (Å²) in [5.74, 6) is -3.31. The number of ether oxygens (including phenoxy) is 1. The number of carbonyl (C=O) groups excluding carboxylic acids is 4. The van der Waals surface area contributed by atoms with Crippen LogP contribution >= 0.6 is 0 Å². The minimum Gasteiger partial charge on any atom is -0.454 e. The maximum atomic E-state index is 13.3. The van der Waals surface area contributed by atoms with Gasteiger partial charge in [0.15, 0.2) is 6.61 Å². The van der Waals surface area contributed by atoms with Crippen LogP contribution in [0.15, 0.2) is 78.9 Å². The molecular weight excluding hydrogens is 427 g/mol. The van der Waals surface area contributed by atoms with Gasteiger partial charge in [-0.25, -0.2) is 9.18 Å². The first kappa shape index (κ1) is 21.9. The highest BCUT2D eigenvalue weighted by atomic mass is 19.1. The summed E-state index contributed by atoms with van der Waals surface area (Å²) < 4.78 is 18.5. The molecule has 1 atom stereocenters. The van der Waals surface area contributed by atoms with E-state index >= 15 is 0 Å². The quantitative estimate of drug-likeness (QED) is 0.444. The molecule has 4 rings (SSSR count). The number of halogens is 1. The van der Waals surface area contributed by atoms with E-state index in [1.165, 1.54) is 30.3 Å². The van der Waals surface area contributed by atoms with E-state index in [9.17, 15) is 23.6 Å². The van der Waals surface area contributed by atoms with E-state index in [1.54, 1.807) is 42.5 Å². The molecular formula is C25H19FN2O5. The molecule has 0 unspecified atom stereocenters. The third-order valence-corrected chi connectivity index (χ3v) is 5.14. The van der Waals surface area contributed by atoms with Crippen molar-refractivity contribution < 1.29 is 28.3 Å². The molecule has 0 radical (unpaired) electrons. The highest BCUT2D eigenvalue weighted by Gasteiger charge is 2.43. The fraction of sp³-hybridized carbons (Fsp3) is 0.120. The fourth-order valence-corrected chi connectivity index (χ4v) is 3.60. The number of hydrogen-bond acceptors (Lipinski definition) is 5. The summed E-state index contributed by atoms with van der Waals surface area (Å²) in [6, 6.07) is 19.2. The average molecular weight is 446 g/mol. The van der Waals surface area contributed by atoms with Gasteiger partial charge in [-0.15, -0.1) is 0 Å². The van der Waals surface area contributed by atoms with Gasteiger partial charge in [-0.05, 0) is 35.9 Å². The number of carbonyl (C=O) groups is 4. The molecule has 0 aliphatic carbocycles. The first-order valence-electron chi connectivity index (χ1n) is 10.2. The van der Waals surface area contributed by atoms with Crippen LogP contribution < -0.4 is 5.32 Å². The molecule has 1 aliphatic rings. The summed E-state index contributed by atoms with van der Waals surface area (Å²) in [5, 5.41) is 2.42. The summed E-state index contributed by atoms with van der Waals surface area (Å²) >= 11 is 0. The number of hydrogen-bond donors (Lipinski definition) is 1. The highest BCUT2D eigenvalue weighted by Crippen LogP contribution is 2.26. The molecule has 0 fully saturated rings. The van der Waals surface area contributed by atoms with E-state index in [2.05, 4.69) is 5.32 Å². The molecule has 166 valence electrons. The van der Waals surface area contributed by atoms with Crippen molar-refractivity contribution in [2.45, 2.75) is 12.5 Å². The molecule has 0 bridgehead atoms. The third kappa shape index (κ3) is 4.79. The number of imide groups is 1. The van der Waals surface area contributed by atoms with Crippen molar-refractivity contribution in [2.24, 2.45) is 0 Å². The minimum atomic E-state index is -1.26. The van der Waals surface area contributed by atoms with Crippen molar-refractivity contribution in [3.8, 4) is 0 Å². The lowest BCUT2D eigenvalue weighted by Gasteiger charge is -2.24. The molecule has 1 aliphatic heterocycles. The molecule has 0 saturated carbocycles. The molecule has 3 aromatic rings. The van der Waals surface area contributed by atoms with Crippen LogP contribution in [0, 0.1) is 5.82 Å². The third-order valence-electron chi connectivity index (χ3n) is 5.14. The van der Waals surface area contributed by atoms with Crippen LogP contribution in [-0.4, -0.2) is 41.2 Å². The summed E-state index contributed by atoms with van der Waals surface area (Å²) in [7, 11) is 0. The zero-order valence-electron chi connectivity index (χ0n) is 17.4. The predicted molar refractivity (Wildman–Crippen MR) is 117 cm³/mol. The summed E-state index contributed by atoms with van der Waals surface area (Å²) in [5.41, 5.74) is 1.33. The number of nitrogens with zero attached hydrogens (tertiary/aromatic N) is 1. The van der Waals surface area contributed by atoms with Crippen LogP contribution in [0.4, 0.5) is 10.1 Å². The van der Waals surface area contributed by atoms with E-state index in [0.29, 0.717) is 5.56 Å². The Balaban J connectivity index is 1.51. The van der Waals surface area contributed by atoms with Gasteiger partial charge in [-0.2, -0.15) is 0 Å². The lowest BCUT2D eigenvalue weighted by atomic mass is 10.0. The maximum absolute atomic E-state index is 13.3. The molecule has 8 heteroatoms. The van der Waals surface area contributed by atoms with Crippen molar-refractivity contribution in [1.29, 1.82) is 0 Å². The SMILES string of the molecule is O=C(COC(=O)[C@H](Cc1ccccc1)N1C(=O)c2ccccc2C1=O)Nc1cccc(F)c1. The monoisotopic (exact) mass is 446 g/mol. The van der Waals surface area contributed by atoms with Gasteiger partial charge < -0.3 is 10.1 Å². The second-order valence-corrected chi connectivity index (χ2v) is 7.40. The predicted octanol–water partition coefficient (Wildman–Crippen LogP) is 3.21. The Morgan fingerprint density at radius 3 is 2.15 bits per heavy atom. The van der Waals surface area contributed by atoms with Crippen molar-refractivity contribution in [2.75, 3.05) is 11.9 Å². The lowest BCUT2D eigenvalue weighted by molar-refractivity contribution is -0.151. The van der Waals surface area contributed by atoms with Crippen LogP contribution in [0.25, 0.3) is 0 Å². The standard InChI is InChI=1S/C25H19FN2O5/c26-17-9-6-10-18(14-17)27-22(29)15-33-25(32)21(13-16-7-2-1-3-8-16)28-23(30)19-11-4-5-12-20(19)24(28)31/h1-12,14,21H,13,15H2,(H,27,29)/t21-/m0/s1. The first-order chi connectivity index (χ1) is 15.9. The number of fused-ring (bicyclic) bond motifs is 1. The molecule has 1 heterocycles. The van der Waals surface area contributed by atoms with Crippen LogP contribution in [0.5, 0.6) is 0 Å². The van der Waals surface area contributed by atoms with Crippen LogP contribution in [0.1, 0.15) is 26.3 Å². The second-order valence-electron chi connectivity index (χ2n) is 7.40. The Labute approximate surface area is 188 Å². The van der Waals surface area contributed by atoms with Gasteiger partial charge in [0.1, 0.15) is 11.9 Å². The first-order valence-corrected chi connectivity index (χ1v) is 10.2. The largest absolute Gasteiger partial charge is 0.454 e. The topological polar surface area (TPSA) is 92.8 Å². The number of anilines is 1. The van der Waals surface area contributed by atoms with Crippen molar-refractivity contribution in [1.82, 2.24) is 4.90 Å². The zero-order valence-corrected chi connectivity index (χ0v) is 17.4. The smallest absolute Gasteiger partial charge is 0.330 e. The van der Waals surface area contributed by atoms with E-state index in [0.717, 1.165) is 11.0 Å². The van der Waals surface area contributed by atoms with Gasteiger partial charge in [0.25, 0.3) is 17.7 Å². The highest BCUT2D eigenvalue weighted by molar-refractivity contribution is 6.22. The van der Waals surface area contributed by atoms with E-state index in [4.69, 9.17) is 4.74 Å². The number of nitrogens with one attached hydrogen (secondary N) is 1. The van der Waals surface area contributed by atoms with Gasteiger partial charge in [-0.3, -0.25) is 19.3 Å². The summed E-state index contributed by atoms with van der Waals surface area (Å²) in [6.07, 6.45) is 0.0245. The molecule has 0 spiro atoms. The molecule has 0 saturated heterocycles. The number of esters is 1. The molecule has 0 aromatic heterocycles. The lowest BCUT2D eigenvalue weighted by Crippen LogP contribution is -2.47. The van der Waals surface area contributed by atoms with Gasteiger partial charge in [-0.1, -0.05) is 48.5 Å². The fourth-order valence-electron chi connectivity index (χ4n) is 3.60. The van der Waals surface area contributed by atoms with E-state index in [-0.39, 0.29) is 23.2 Å². The Kier molecular flexibility index (Phi) is 6.26. The average Bonchev–Trinajstić information content (AvgIpc) is 3.07. The molecule has 3 amide bonds. The van der Waals surface area contributed by atoms with Crippen molar-refractivity contribution in [3.05, 3.63) is 101 Å². The minimum absolute atomic E-state index is 0.0245. The number of amides is 3. The van der Waals surface area contributed by atoms with Gasteiger partial charge >= 0.3 is 5.97 Å². The van der Waals surface area contributed by atoms with Crippen molar-refractivity contribution >= 4 is 29.4 Å². The van der Waals surface area contributed by atoms with Gasteiger partial charge in [0, 0.05) is 12.1 Å². The Bertz CT molecular complexity index is 1190. The molecule has 33 heavy (non-hydrogen) atoms. The van der Waals surface area contributed by atoms with Crippen LogP contribution in [-0.2, 0) is 20.7 Å². The molecule has 7 nitrogen and oxygen atoms in total. The van der Waals surface area contributed by atoms with E-state index < -0.39 is 42.2 Å². The Hall–Kier alpha value is -4.33. The Morgan fingerprint density at radius 1 is 0.879 bits per heavy atom. The second kappa shape index (κ2) is 9.44.